The third-order valence-electron chi connectivity index (χ3n) is 8.01. The Bertz CT molecular complexity index is 1690. The van der Waals surface area contributed by atoms with Gasteiger partial charge >= 0.3 is 23.1 Å². The molecule has 0 atom stereocenters. The van der Waals surface area contributed by atoms with E-state index in [1.165, 1.54) is 0 Å². The van der Waals surface area contributed by atoms with E-state index in [4.69, 9.17) is 0 Å². The van der Waals surface area contributed by atoms with Crippen LogP contribution in [0.3, 0.4) is 0 Å². The van der Waals surface area contributed by atoms with Gasteiger partial charge in [0.2, 0.25) is 0 Å². The zero-order valence-corrected chi connectivity index (χ0v) is 28.3. The van der Waals surface area contributed by atoms with E-state index >= 15 is 0 Å². The number of hydrogen-bond donors (Lipinski definition) is 0. The van der Waals surface area contributed by atoms with Gasteiger partial charge in [-0.25, -0.2) is 0 Å². The SMILES string of the molecule is O=C(c1ccccc1)C(C(=[OH+])c1ccccc1)C(=[OH+])c1ccccc1.O=C(c1ccccc1)C(C(=[OH+])c1ccccc1)C(=[OH+])c1ccccc1.[Cu]. The number of carbonyl (C=O) groups excluding carboxylic acids is 6. The Morgan fingerprint density at radius 2 is 0.451 bits per heavy atom. The van der Waals surface area contributed by atoms with Gasteiger partial charge in [-0.05, 0) is 48.5 Å². The van der Waals surface area contributed by atoms with Gasteiger partial charge in [-0.2, -0.15) is 0 Å². The summed E-state index contributed by atoms with van der Waals surface area (Å²) in [4.78, 5) is 69.1. The van der Waals surface area contributed by atoms with Gasteiger partial charge in [0.1, 0.15) is 0 Å². The molecule has 0 aromatic heterocycles. The summed E-state index contributed by atoms with van der Waals surface area (Å²) >= 11 is 0. The van der Waals surface area contributed by atoms with Crippen LogP contribution in [0.2, 0.25) is 0 Å². The maximum atomic E-state index is 13.0. The Labute approximate surface area is 306 Å². The van der Waals surface area contributed by atoms with E-state index < -0.39 is 11.8 Å². The molecule has 1 radical (unpaired) electrons. The standard InChI is InChI=1S/2C22H16O3.Cu/c2*23-20(16-10-4-1-5-11-16)19(21(24)17-12-6-2-7-13-17)22(25)18-14-8-3-9-15-18;/h2*1-15,19H;/p+4. The van der Waals surface area contributed by atoms with Gasteiger partial charge in [0.05, 0.1) is 22.3 Å². The van der Waals surface area contributed by atoms with Crippen LogP contribution < -0.4 is 0 Å². The molecule has 0 heterocycles. The Balaban J connectivity index is 0.000000224. The maximum Gasteiger partial charge on any atom is 0.348 e. The van der Waals surface area contributed by atoms with Gasteiger partial charge in [0, 0.05) is 28.2 Å². The third kappa shape index (κ3) is 9.52. The molecule has 6 rings (SSSR count). The molecular formula is C44H36CuO6+4. The van der Waals surface area contributed by atoms with Gasteiger partial charge in [0.25, 0.3) is 11.8 Å². The molecule has 6 aromatic carbocycles. The van der Waals surface area contributed by atoms with E-state index in [1.54, 1.807) is 146 Å². The average molecular weight is 724 g/mol. The largest absolute Gasteiger partial charge is 0.348 e. The van der Waals surface area contributed by atoms with Crippen molar-refractivity contribution in [2.24, 2.45) is 11.8 Å². The summed E-state index contributed by atoms with van der Waals surface area (Å²) in [5, 5.41) is 0. The van der Waals surface area contributed by atoms with Crippen molar-refractivity contribution in [1.82, 2.24) is 0 Å². The molecule has 255 valence electrons. The number of hydrogen-bond acceptors (Lipinski definition) is 2. The molecule has 6 nitrogen and oxygen atoms in total. The fourth-order valence-electron chi connectivity index (χ4n) is 5.40. The van der Waals surface area contributed by atoms with Crippen LogP contribution in [0.15, 0.2) is 182 Å². The Morgan fingerprint density at radius 3 is 0.627 bits per heavy atom. The van der Waals surface area contributed by atoms with Crippen LogP contribution in [-0.2, 0) is 17.1 Å². The third-order valence-corrected chi connectivity index (χ3v) is 8.01. The predicted molar refractivity (Wildman–Crippen MR) is 198 cm³/mol. The molecule has 0 bridgehead atoms. The van der Waals surface area contributed by atoms with Crippen molar-refractivity contribution in [2.75, 3.05) is 0 Å². The van der Waals surface area contributed by atoms with Gasteiger partial charge in [-0.15, -0.1) is 0 Å². The first-order valence-corrected chi connectivity index (χ1v) is 16.0. The number of rotatable bonds is 12. The molecule has 0 aliphatic rings. The van der Waals surface area contributed by atoms with Gasteiger partial charge in [-0.3, -0.25) is 28.8 Å². The summed E-state index contributed by atoms with van der Waals surface area (Å²) in [5.41, 5.74) is 2.85. The Morgan fingerprint density at radius 1 is 0.294 bits per heavy atom. The molecular weight excluding hydrogens is 688 g/mol. The number of benzene rings is 6. The van der Waals surface area contributed by atoms with Crippen LogP contribution in [-0.4, -0.2) is 53.9 Å². The molecule has 4 N–H and O–H groups in total. The fraction of sp³-hybridized carbons (Fsp3) is 0.0455. The summed E-state index contributed by atoms with van der Waals surface area (Å²) in [6.07, 6.45) is 0. The molecule has 0 spiro atoms. The second kappa shape index (κ2) is 18.6. The van der Waals surface area contributed by atoms with Gasteiger partial charge in [-0.1, -0.05) is 133 Å². The first-order valence-electron chi connectivity index (χ1n) is 16.0. The van der Waals surface area contributed by atoms with Crippen LogP contribution in [0.4, 0.5) is 0 Å². The monoisotopic (exact) mass is 723 g/mol. The van der Waals surface area contributed by atoms with Crippen molar-refractivity contribution in [1.29, 1.82) is 0 Å². The summed E-state index contributed by atoms with van der Waals surface area (Å²) < 4.78 is 0. The minimum atomic E-state index is -1.16. The normalized spacial score (nSPS) is 11.3. The van der Waals surface area contributed by atoms with E-state index in [0.717, 1.165) is 0 Å². The summed E-state index contributed by atoms with van der Waals surface area (Å²) in [5.74, 6) is -3.72. The van der Waals surface area contributed by atoms with Crippen molar-refractivity contribution >= 4 is 34.7 Å². The molecule has 0 amide bonds. The molecule has 0 fully saturated rings. The van der Waals surface area contributed by atoms with Crippen molar-refractivity contribution in [2.45, 2.75) is 0 Å². The smallest absolute Gasteiger partial charge is 0.292 e. The molecule has 51 heavy (non-hydrogen) atoms. The van der Waals surface area contributed by atoms with Gasteiger partial charge in [0.15, 0.2) is 11.6 Å². The topological polar surface area (TPSA) is 120 Å². The molecule has 6 aromatic rings. The Hall–Kier alpha value is -6.14. The van der Waals surface area contributed by atoms with Crippen molar-refractivity contribution in [3.8, 4) is 0 Å². The van der Waals surface area contributed by atoms with Crippen LogP contribution in [0.25, 0.3) is 0 Å². The minimum absolute atomic E-state index is 0. The molecule has 7 heteroatoms. The van der Waals surface area contributed by atoms with E-state index in [9.17, 15) is 28.8 Å². The van der Waals surface area contributed by atoms with Gasteiger partial charge < -0.3 is 0 Å². The zero-order chi connectivity index (χ0) is 35.3. The zero-order valence-electron chi connectivity index (χ0n) is 27.4. The quantitative estimate of drug-likeness (QED) is 0.0568. The maximum absolute atomic E-state index is 13.0. The van der Waals surface area contributed by atoms with Crippen molar-refractivity contribution < 1.29 is 45.8 Å². The molecule has 0 saturated heterocycles. The summed E-state index contributed by atoms with van der Waals surface area (Å²) in [7, 11) is 0. The molecule has 0 saturated carbocycles. The van der Waals surface area contributed by atoms with Crippen molar-refractivity contribution in [3.05, 3.63) is 215 Å². The predicted octanol–water partition coefficient (Wildman–Crippen LogP) is 7.34. The molecule has 0 unspecified atom stereocenters. The second-order valence-corrected chi connectivity index (χ2v) is 11.3. The minimum Gasteiger partial charge on any atom is -0.292 e. The van der Waals surface area contributed by atoms with Crippen LogP contribution >= 0.6 is 0 Å². The van der Waals surface area contributed by atoms with Crippen LogP contribution in [0.1, 0.15) is 43.0 Å². The Kier molecular flexibility index (Phi) is 13.7. The molecule has 0 aliphatic carbocycles. The van der Waals surface area contributed by atoms with E-state index in [1.807, 2.05) is 36.4 Å². The van der Waals surface area contributed by atoms with Crippen LogP contribution in [0, 0.1) is 11.8 Å². The fourth-order valence-corrected chi connectivity index (χ4v) is 5.40. The number of Topliss-reactive ketones (excluding diaryl/α,β-unsaturated/α-hetero) is 2. The average Bonchev–Trinajstić information content (AvgIpc) is 3.20. The summed E-state index contributed by atoms with van der Waals surface area (Å²) in [6, 6.07) is 52.5. The molecule has 0 aliphatic heterocycles. The first kappa shape index (κ1) is 37.7. The number of carbonyl (C=O) groups is 2. The van der Waals surface area contributed by atoms with E-state index in [-0.39, 0.29) is 51.8 Å². The van der Waals surface area contributed by atoms with Crippen LogP contribution in [0.5, 0.6) is 0 Å². The first-order chi connectivity index (χ1) is 24.4. The number of ketones is 6. The summed E-state index contributed by atoms with van der Waals surface area (Å²) in [6.45, 7) is 0. The van der Waals surface area contributed by atoms with E-state index in [0.29, 0.717) is 33.4 Å². The van der Waals surface area contributed by atoms with E-state index in [2.05, 4.69) is 0 Å². The van der Waals surface area contributed by atoms with Crippen molar-refractivity contribution in [3.63, 3.8) is 0 Å². The second-order valence-electron chi connectivity index (χ2n) is 11.3.